The summed E-state index contributed by atoms with van der Waals surface area (Å²) >= 11 is 0. The quantitative estimate of drug-likeness (QED) is 0.893. The van der Waals surface area contributed by atoms with Crippen LogP contribution in [0.15, 0.2) is 41.5 Å². The molecule has 1 aliphatic heterocycles. The average molecular weight is 352 g/mol. The maximum atomic E-state index is 13.1. The Morgan fingerprint density at radius 3 is 2.65 bits per heavy atom. The first-order valence-corrected chi connectivity index (χ1v) is 8.20. The number of benzene rings is 2. The van der Waals surface area contributed by atoms with Crippen molar-refractivity contribution in [3.63, 3.8) is 0 Å². The number of carbonyl (C=O) groups is 3. The molecule has 0 fully saturated rings. The largest absolute Gasteiger partial charge is 0.507 e. The molecule has 6 heteroatoms. The molecule has 1 N–H and O–H groups in total. The van der Waals surface area contributed by atoms with E-state index in [1.807, 2.05) is 0 Å². The van der Waals surface area contributed by atoms with Gasteiger partial charge in [-0.1, -0.05) is 24.3 Å². The molecule has 132 valence electrons. The molecule has 0 radical (unpaired) electrons. The van der Waals surface area contributed by atoms with Gasteiger partial charge >= 0.3 is 0 Å². The van der Waals surface area contributed by atoms with E-state index in [2.05, 4.69) is 0 Å². The average Bonchev–Trinajstić information content (AvgIpc) is 2.64. The summed E-state index contributed by atoms with van der Waals surface area (Å²) in [6, 6.07) is 8.57. The molecule has 1 heterocycles. The number of carbonyl (C=O) groups excluding carboxylic acids is 3. The highest BCUT2D eigenvalue weighted by atomic mass is 16.7. The van der Waals surface area contributed by atoms with Crippen LogP contribution in [0.25, 0.3) is 10.8 Å². The lowest BCUT2D eigenvalue weighted by molar-refractivity contribution is -0.158. The fourth-order valence-electron chi connectivity index (χ4n) is 3.61. The lowest BCUT2D eigenvalue weighted by Gasteiger charge is -2.34. The van der Waals surface area contributed by atoms with Crippen LogP contribution in [0.1, 0.15) is 34.1 Å². The lowest BCUT2D eigenvalue weighted by Crippen LogP contribution is -2.41. The van der Waals surface area contributed by atoms with Crippen molar-refractivity contribution < 1.29 is 29.0 Å². The molecular formula is C20H16O6. The molecule has 0 amide bonds. The SMILES string of the molecule is CO[C@@H]1O[C@@H](C(C)=O)CC2=C1C(=O)c1cc3ccccc3c(O)c1C2=O. The molecule has 26 heavy (non-hydrogen) atoms. The van der Waals surface area contributed by atoms with Gasteiger partial charge in [-0.2, -0.15) is 0 Å². The molecule has 2 aromatic rings. The number of hydrogen-bond acceptors (Lipinski definition) is 6. The van der Waals surface area contributed by atoms with E-state index >= 15 is 0 Å². The summed E-state index contributed by atoms with van der Waals surface area (Å²) in [7, 11) is 1.35. The van der Waals surface area contributed by atoms with E-state index in [4.69, 9.17) is 9.47 Å². The first kappa shape index (κ1) is 16.6. The zero-order valence-electron chi connectivity index (χ0n) is 14.2. The van der Waals surface area contributed by atoms with Crippen molar-refractivity contribution in [1.29, 1.82) is 0 Å². The van der Waals surface area contributed by atoms with Gasteiger partial charge in [0.2, 0.25) is 0 Å². The Hall–Kier alpha value is -2.83. The standard InChI is InChI=1S/C20H16O6/c1-9(21)14-8-13-16(20(25-2)26-14)19(24)12-7-10-5-3-4-6-11(10)17(22)15(12)18(13)23/h3-7,14,20,22H,8H2,1-2H3/t14-,20-/m1/s1. The van der Waals surface area contributed by atoms with Crippen LogP contribution in [0.2, 0.25) is 0 Å². The van der Waals surface area contributed by atoms with Gasteiger partial charge in [0.1, 0.15) is 11.9 Å². The Morgan fingerprint density at radius 2 is 1.96 bits per heavy atom. The Morgan fingerprint density at radius 1 is 1.23 bits per heavy atom. The smallest absolute Gasteiger partial charge is 0.195 e. The van der Waals surface area contributed by atoms with E-state index < -0.39 is 24.0 Å². The monoisotopic (exact) mass is 352 g/mol. The van der Waals surface area contributed by atoms with Crippen molar-refractivity contribution in [1.82, 2.24) is 0 Å². The number of hydrogen-bond donors (Lipinski definition) is 1. The van der Waals surface area contributed by atoms with Crippen LogP contribution < -0.4 is 0 Å². The fourth-order valence-corrected chi connectivity index (χ4v) is 3.61. The third-order valence-electron chi connectivity index (χ3n) is 4.92. The third kappa shape index (κ3) is 2.23. The Balaban J connectivity index is 1.96. The number of methoxy groups -OCH3 is 1. The molecule has 0 spiro atoms. The molecule has 0 saturated heterocycles. The molecule has 2 aliphatic rings. The summed E-state index contributed by atoms with van der Waals surface area (Å²) in [5, 5.41) is 11.8. The summed E-state index contributed by atoms with van der Waals surface area (Å²) in [5.74, 6) is -1.37. The predicted octanol–water partition coefficient (Wildman–Crippen LogP) is 2.57. The number of ether oxygens (including phenoxy) is 2. The minimum atomic E-state index is -1.09. The first-order chi connectivity index (χ1) is 12.4. The van der Waals surface area contributed by atoms with Crippen molar-refractivity contribution in [3.8, 4) is 5.75 Å². The second kappa shape index (κ2) is 5.86. The van der Waals surface area contributed by atoms with E-state index in [1.54, 1.807) is 30.3 Å². The van der Waals surface area contributed by atoms with Crippen LogP contribution in [0, 0.1) is 0 Å². The summed E-state index contributed by atoms with van der Waals surface area (Å²) in [4.78, 5) is 37.9. The Kier molecular flexibility index (Phi) is 3.75. The van der Waals surface area contributed by atoms with Crippen LogP contribution in [0.5, 0.6) is 5.75 Å². The Labute approximate surface area is 149 Å². The van der Waals surface area contributed by atoms with Gasteiger partial charge in [0.15, 0.2) is 23.6 Å². The Bertz CT molecular complexity index is 1020. The summed E-state index contributed by atoms with van der Waals surface area (Å²) in [5.41, 5.74) is 0.381. The summed E-state index contributed by atoms with van der Waals surface area (Å²) in [6.07, 6.45) is -1.97. The van der Waals surface area contributed by atoms with Crippen molar-refractivity contribution in [2.45, 2.75) is 25.7 Å². The van der Waals surface area contributed by atoms with Gasteiger partial charge in [0.25, 0.3) is 0 Å². The van der Waals surface area contributed by atoms with Gasteiger partial charge in [0, 0.05) is 30.1 Å². The van der Waals surface area contributed by atoms with E-state index in [-0.39, 0.29) is 40.2 Å². The highest BCUT2D eigenvalue weighted by Crippen LogP contribution is 2.42. The molecule has 0 bridgehead atoms. The number of fused-ring (bicyclic) bond motifs is 2. The summed E-state index contributed by atoms with van der Waals surface area (Å²) < 4.78 is 10.8. The van der Waals surface area contributed by atoms with Crippen molar-refractivity contribution >= 4 is 28.1 Å². The van der Waals surface area contributed by atoms with E-state index in [1.165, 1.54) is 14.0 Å². The first-order valence-electron chi connectivity index (χ1n) is 8.20. The number of rotatable bonds is 2. The molecule has 1 aliphatic carbocycles. The topological polar surface area (TPSA) is 89.9 Å². The van der Waals surface area contributed by atoms with Gasteiger partial charge in [-0.15, -0.1) is 0 Å². The normalized spacial score (nSPS) is 22.4. The number of Topliss-reactive ketones (excluding diaryl/α,β-unsaturated/α-hetero) is 3. The van der Waals surface area contributed by atoms with Gasteiger partial charge in [-0.05, 0) is 18.4 Å². The molecular weight excluding hydrogens is 336 g/mol. The highest BCUT2D eigenvalue weighted by molar-refractivity contribution is 6.30. The van der Waals surface area contributed by atoms with Crippen molar-refractivity contribution in [3.05, 3.63) is 52.6 Å². The number of phenols is 1. The minimum absolute atomic E-state index is 0.0131. The molecule has 4 rings (SSSR count). The van der Waals surface area contributed by atoms with Crippen LogP contribution in [0.3, 0.4) is 0 Å². The van der Waals surface area contributed by atoms with Crippen LogP contribution in [-0.2, 0) is 14.3 Å². The van der Waals surface area contributed by atoms with E-state index in [0.717, 1.165) is 0 Å². The predicted molar refractivity (Wildman–Crippen MR) is 92.3 cm³/mol. The zero-order valence-corrected chi connectivity index (χ0v) is 14.2. The van der Waals surface area contributed by atoms with Gasteiger partial charge in [0.05, 0.1) is 11.1 Å². The van der Waals surface area contributed by atoms with Crippen LogP contribution in [-0.4, -0.2) is 42.0 Å². The maximum absolute atomic E-state index is 13.1. The number of phenolic OH excluding ortho intramolecular Hbond substituents is 1. The van der Waals surface area contributed by atoms with Gasteiger partial charge in [-0.25, -0.2) is 0 Å². The molecule has 0 unspecified atom stereocenters. The fraction of sp³-hybridized carbons (Fsp3) is 0.250. The third-order valence-corrected chi connectivity index (χ3v) is 4.92. The van der Waals surface area contributed by atoms with E-state index in [0.29, 0.717) is 10.8 Å². The second-order valence-electron chi connectivity index (χ2n) is 6.43. The maximum Gasteiger partial charge on any atom is 0.195 e. The molecule has 2 atom stereocenters. The van der Waals surface area contributed by atoms with Crippen LogP contribution in [0.4, 0.5) is 0 Å². The van der Waals surface area contributed by atoms with Crippen molar-refractivity contribution in [2.24, 2.45) is 0 Å². The number of aromatic hydroxyl groups is 1. The molecule has 6 nitrogen and oxygen atoms in total. The molecule has 2 aromatic carbocycles. The van der Waals surface area contributed by atoms with Gasteiger partial charge in [-0.3, -0.25) is 14.4 Å². The van der Waals surface area contributed by atoms with Crippen LogP contribution >= 0.6 is 0 Å². The number of ketones is 3. The van der Waals surface area contributed by atoms with Gasteiger partial charge < -0.3 is 14.6 Å². The van der Waals surface area contributed by atoms with Crippen molar-refractivity contribution in [2.75, 3.05) is 7.11 Å². The zero-order chi connectivity index (χ0) is 18.6. The second-order valence-corrected chi connectivity index (χ2v) is 6.43. The lowest BCUT2D eigenvalue weighted by atomic mass is 9.78. The highest BCUT2D eigenvalue weighted by Gasteiger charge is 2.44. The minimum Gasteiger partial charge on any atom is -0.507 e. The molecule has 0 aromatic heterocycles. The van der Waals surface area contributed by atoms with E-state index in [9.17, 15) is 19.5 Å². The summed E-state index contributed by atoms with van der Waals surface area (Å²) in [6.45, 7) is 1.36. The molecule has 0 saturated carbocycles.